The minimum Gasteiger partial charge on any atom is -0.381 e. The van der Waals surface area contributed by atoms with Gasteiger partial charge >= 0.3 is 0 Å². The zero-order valence-corrected chi connectivity index (χ0v) is 9.77. The van der Waals surface area contributed by atoms with E-state index in [2.05, 4.69) is 16.6 Å². The van der Waals surface area contributed by atoms with Gasteiger partial charge in [-0.2, -0.15) is 0 Å². The molecule has 0 aromatic rings. The van der Waals surface area contributed by atoms with Crippen LogP contribution in [-0.4, -0.2) is 33.4 Å². The van der Waals surface area contributed by atoms with E-state index in [0.29, 0.717) is 39.0 Å². The molecule has 1 aliphatic rings. The summed E-state index contributed by atoms with van der Waals surface area (Å²) in [6.45, 7) is 3.23. The summed E-state index contributed by atoms with van der Waals surface area (Å²) in [4.78, 5) is 0. The molecule has 15 heavy (non-hydrogen) atoms. The van der Waals surface area contributed by atoms with Crippen molar-refractivity contribution in [3.8, 4) is 11.8 Å². The Morgan fingerprint density at radius 3 is 2.67 bits per heavy atom. The average molecular weight is 231 g/mol. The largest absolute Gasteiger partial charge is 0.381 e. The zero-order chi connectivity index (χ0) is 11.1. The number of hydrogen-bond donors (Lipinski definition) is 1. The predicted octanol–water partition coefficient (Wildman–Crippen LogP) is 0.498. The van der Waals surface area contributed by atoms with Gasteiger partial charge in [0.2, 0.25) is 10.0 Å². The molecule has 0 spiro atoms. The van der Waals surface area contributed by atoms with Gasteiger partial charge < -0.3 is 4.74 Å². The summed E-state index contributed by atoms with van der Waals surface area (Å²) >= 11 is 0. The highest BCUT2D eigenvalue weighted by Crippen LogP contribution is 2.14. The van der Waals surface area contributed by atoms with Gasteiger partial charge in [0.1, 0.15) is 0 Å². The molecule has 0 aromatic heterocycles. The maximum atomic E-state index is 11.7. The van der Waals surface area contributed by atoms with Crippen LogP contribution in [0.1, 0.15) is 26.2 Å². The Labute approximate surface area is 91.4 Å². The van der Waals surface area contributed by atoms with Gasteiger partial charge in [-0.25, -0.2) is 13.1 Å². The molecule has 1 rings (SSSR count). The third-order valence-electron chi connectivity index (χ3n) is 2.34. The van der Waals surface area contributed by atoms with E-state index >= 15 is 0 Å². The lowest BCUT2D eigenvalue weighted by Gasteiger charge is -2.22. The summed E-state index contributed by atoms with van der Waals surface area (Å²) in [6.07, 6.45) is 1.75. The molecule has 1 aliphatic heterocycles. The molecule has 86 valence electrons. The van der Waals surface area contributed by atoms with Crippen molar-refractivity contribution in [2.45, 2.75) is 31.4 Å². The zero-order valence-electron chi connectivity index (χ0n) is 8.95. The smallest absolute Gasteiger partial charge is 0.214 e. The van der Waals surface area contributed by atoms with Crippen LogP contribution in [0.15, 0.2) is 0 Å². The molecule has 0 bridgehead atoms. The Bertz CT molecular complexity index is 333. The lowest BCUT2D eigenvalue weighted by molar-refractivity contribution is 0.0981. The van der Waals surface area contributed by atoms with Crippen molar-refractivity contribution in [3.05, 3.63) is 0 Å². The fourth-order valence-corrected chi connectivity index (χ4v) is 2.92. The molecule has 0 saturated carbocycles. The molecule has 1 saturated heterocycles. The Balaban J connectivity index is 2.38. The van der Waals surface area contributed by atoms with Crippen LogP contribution in [0.5, 0.6) is 0 Å². The van der Waals surface area contributed by atoms with Crippen LogP contribution in [0.4, 0.5) is 0 Å². The van der Waals surface area contributed by atoms with Gasteiger partial charge in [-0.3, -0.25) is 0 Å². The van der Waals surface area contributed by atoms with Crippen molar-refractivity contribution >= 4 is 10.0 Å². The maximum Gasteiger partial charge on any atom is 0.214 e. The highest BCUT2D eigenvalue weighted by Gasteiger charge is 2.26. The number of hydrogen-bond acceptors (Lipinski definition) is 3. The first kappa shape index (κ1) is 12.5. The summed E-state index contributed by atoms with van der Waals surface area (Å²) in [5.74, 6) is 5.55. The molecule has 0 amide bonds. The van der Waals surface area contributed by atoms with Crippen LogP contribution in [0.3, 0.4) is 0 Å². The Morgan fingerprint density at radius 2 is 2.07 bits per heavy atom. The van der Waals surface area contributed by atoms with Crippen molar-refractivity contribution in [2.24, 2.45) is 0 Å². The number of rotatable bonds is 4. The van der Waals surface area contributed by atoms with Crippen molar-refractivity contribution in [3.63, 3.8) is 0 Å². The van der Waals surface area contributed by atoms with E-state index < -0.39 is 10.0 Å². The monoisotopic (exact) mass is 231 g/mol. The van der Waals surface area contributed by atoms with Crippen LogP contribution in [-0.2, 0) is 14.8 Å². The minimum atomic E-state index is -3.16. The summed E-state index contributed by atoms with van der Waals surface area (Å²) in [6, 6.07) is 0. The van der Waals surface area contributed by atoms with E-state index in [0.717, 1.165) is 0 Å². The fraction of sp³-hybridized carbons (Fsp3) is 0.800. The standard InChI is InChI=1S/C10H17NO3S/c1-2-3-4-7-11-15(12,13)10-5-8-14-9-6-10/h10-11H,4-9H2,1H3. The lowest BCUT2D eigenvalue weighted by Crippen LogP contribution is -2.38. The molecular weight excluding hydrogens is 214 g/mol. The van der Waals surface area contributed by atoms with Crippen LogP contribution >= 0.6 is 0 Å². The molecule has 1 N–H and O–H groups in total. The molecule has 4 nitrogen and oxygen atoms in total. The molecule has 1 heterocycles. The topological polar surface area (TPSA) is 55.4 Å². The summed E-state index contributed by atoms with van der Waals surface area (Å²) < 4.78 is 31.2. The first-order valence-corrected chi connectivity index (χ1v) is 6.67. The Hall–Kier alpha value is -0.570. The van der Waals surface area contributed by atoms with E-state index in [1.165, 1.54) is 0 Å². The quantitative estimate of drug-likeness (QED) is 0.566. The van der Waals surface area contributed by atoms with Crippen LogP contribution in [0.2, 0.25) is 0 Å². The molecule has 0 aromatic carbocycles. The number of sulfonamides is 1. The second-order valence-corrected chi connectivity index (χ2v) is 5.47. The first-order chi connectivity index (χ1) is 7.17. The second-order valence-electron chi connectivity index (χ2n) is 3.43. The number of nitrogens with one attached hydrogen (secondary N) is 1. The second kappa shape index (κ2) is 6.11. The lowest BCUT2D eigenvalue weighted by atomic mass is 10.2. The van der Waals surface area contributed by atoms with Crippen molar-refractivity contribution < 1.29 is 13.2 Å². The van der Waals surface area contributed by atoms with Gasteiger partial charge in [-0.15, -0.1) is 11.8 Å². The summed E-state index contributed by atoms with van der Waals surface area (Å²) in [7, 11) is -3.16. The SMILES string of the molecule is CC#CCCNS(=O)(=O)C1CCOCC1. The molecule has 0 atom stereocenters. The molecular formula is C10H17NO3S. The van der Waals surface area contributed by atoms with Crippen molar-refractivity contribution in [2.75, 3.05) is 19.8 Å². The Kier molecular flexibility index (Phi) is 5.09. The van der Waals surface area contributed by atoms with E-state index in [1.807, 2.05) is 0 Å². The molecule has 5 heteroatoms. The van der Waals surface area contributed by atoms with E-state index in [1.54, 1.807) is 6.92 Å². The predicted molar refractivity (Wildman–Crippen MR) is 58.8 cm³/mol. The van der Waals surface area contributed by atoms with Crippen molar-refractivity contribution in [1.82, 2.24) is 4.72 Å². The van der Waals surface area contributed by atoms with Gasteiger partial charge in [0.15, 0.2) is 0 Å². The van der Waals surface area contributed by atoms with Gasteiger partial charge in [0.05, 0.1) is 5.25 Å². The first-order valence-electron chi connectivity index (χ1n) is 5.12. The van der Waals surface area contributed by atoms with Crippen molar-refractivity contribution in [1.29, 1.82) is 0 Å². The Morgan fingerprint density at radius 1 is 1.40 bits per heavy atom. The van der Waals surface area contributed by atoms with Gasteiger partial charge in [-0.05, 0) is 19.8 Å². The van der Waals surface area contributed by atoms with Crippen LogP contribution in [0.25, 0.3) is 0 Å². The van der Waals surface area contributed by atoms with E-state index in [4.69, 9.17) is 4.74 Å². The van der Waals surface area contributed by atoms with Gasteiger partial charge in [0, 0.05) is 26.2 Å². The maximum absolute atomic E-state index is 11.7. The van der Waals surface area contributed by atoms with E-state index in [9.17, 15) is 8.42 Å². The van der Waals surface area contributed by atoms with Gasteiger partial charge in [-0.1, -0.05) is 0 Å². The molecule has 0 radical (unpaired) electrons. The summed E-state index contributed by atoms with van der Waals surface area (Å²) in [5.41, 5.74) is 0. The van der Waals surface area contributed by atoms with Gasteiger partial charge in [0.25, 0.3) is 0 Å². The third-order valence-corrected chi connectivity index (χ3v) is 4.29. The fourth-order valence-electron chi connectivity index (χ4n) is 1.48. The van der Waals surface area contributed by atoms with Crippen LogP contribution in [0, 0.1) is 11.8 Å². The highest BCUT2D eigenvalue weighted by atomic mass is 32.2. The summed E-state index contributed by atoms with van der Waals surface area (Å²) in [5, 5.41) is -0.291. The molecule has 1 fully saturated rings. The highest BCUT2D eigenvalue weighted by molar-refractivity contribution is 7.90. The molecule has 0 aliphatic carbocycles. The van der Waals surface area contributed by atoms with E-state index in [-0.39, 0.29) is 5.25 Å². The van der Waals surface area contributed by atoms with Crippen LogP contribution < -0.4 is 4.72 Å². The average Bonchev–Trinajstić information content (AvgIpc) is 2.26. The normalized spacial score (nSPS) is 18.2. The number of ether oxygens (including phenoxy) is 1. The third kappa shape index (κ3) is 4.20. The minimum absolute atomic E-state index is 0.291. The molecule has 0 unspecified atom stereocenters.